The van der Waals surface area contributed by atoms with E-state index in [1.807, 2.05) is 5.38 Å². The standard InChI is InChI=1S/C9H10BrN5S/c10-6-1-7(16-4-6)3-12-8-2-9(15-11)14-5-13-8/h1-2,4-5H,3,11H2,(H2,12,13,14,15). The molecule has 0 saturated carbocycles. The first-order valence-electron chi connectivity index (χ1n) is 4.53. The Labute approximate surface area is 105 Å². The van der Waals surface area contributed by atoms with Crippen LogP contribution in [0, 0.1) is 0 Å². The second-order valence-electron chi connectivity index (χ2n) is 3.02. The highest BCUT2D eigenvalue weighted by Crippen LogP contribution is 2.20. The van der Waals surface area contributed by atoms with Crippen LogP contribution in [-0.2, 0) is 6.54 Å². The molecule has 2 aromatic rings. The van der Waals surface area contributed by atoms with Crippen molar-refractivity contribution < 1.29 is 0 Å². The van der Waals surface area contributed by atoms with Gasteiger partial charge >= 0.3 is 0 Å². The summed E-state index contributed by atoms with van der Waals surface area (Å²) >= 11 is 5.10. The fourth-order valence-corrected chi connectivity index (χ4v) is 2.55. The van der Waals surface area contributed by atoms with Crippen LogP contribution in [0.25, 0.3) is 0 Å². The van der Waals surface area contributed by atoms with Crippen LogP contribution in [0.1, 0.15) is 4.88 Å². The molecular weight excluding hydrogens is 290 g/mol. The van der Waals surface area contributed by atoms with Crippen molar-refractivity contribution in [3.8, 4) is 0 Å². The van der Waals surface area contributed by atoms with Gasteiger partial charge in [0, 0.05) is 20.8 Å². The van der Waals surface area contributed by atoms with E-state index in [-0.39, 0.29) is 0 Å². The van der Waals surface area contributed by atoms with E-state index in [4.69, 9.17) is 5.84 Å². The van der Waals surface area contributed by atoms with Crippen LogP contribution < -0.4 is 16.6 Å². The molecular formula is C9H10BrN5S. The number of hydrazine groups is 1. The molecule has 0 atom stereocenters. The minimum absolute atomic E-state index is 0.588. The Morgan fingerprint density at radius 1 is 1.31 bits per heavy atom. The Kier molecular flexibility index (Phi) is 3.70. The molecule has 16 heavy (non-hydrogen) atoms. The number of hydrogen-bond acceptors (Lipinski definition) is 6. The molecule has 0 amide bonds. The quantitative estimate of drug-likeness (QED) is 0.596. The lowest BCUT2D eigenvalue weighted by atomic mass is 10.4. The van der Waals surface area contributed by atoms with Crippen molar-refractivity contribution in [2.45, 2.75) is 6.54 Å². The SMILES string of the molecule is NNc1cc(NCc2cc(Br)cs2)ncn1. The second kappa shape index (κ2) is 5.24. The lowest BCUT2D eigenvalue weighted by Crippen LogP contribution is -2.09. The van der Waals surface area contributed by atoms with Gasteiger partial charge in [-0.3, -0.25) is 0 Å². The summed E-state index contributed by atoms with van der Waals surface area (Å²) in [6.07, 6.45) is 1.46. The molecule has 0 radical (unpaired) electrons. The molecule has 0 fully saturated rings. The fraction of sp³-hybridized carbons (Fsp3) is 0.111. The van der Waals surface area contributed by atoms with Gasteiger partial charge in [-0.1, -0.05) is 0 Å². The summed E-state index contributed by atoms with van der Waals surface area (Å²) in [5, 5.41) is 5.24. The zero-order chi connectivity index (χ0) is 11.4. The van der Waals surface area contributed by atoms with Crippen LogP contribution in [0.3, 0.4) is 0 Å². The van der Waals surface area contributed by atoms with Gasteiger partial charge in [-0.05, 0) is 22.0 Å². The summed E-state index contributed by atoms with van der Waals surface area (Å²) in [5.74, 6) is 6.59. The van der Waals surface area contributed by atoms with Gasteiger partial charge in [-0.2, -0.15) is 0 Å². The molecule has 4 N–H and O–H groups in total. The van der Waals surface area contributed by atoms with E-state index in [0.29, 0.717) is 5.82 Å². The zero-order valence-electron chi connectivity index (χ0n) is 8.27. The minimum atomic E-state index is 0.588. The number of nitrogen functional groups attached to an aromatic ring is 1. The highest BCUT2D eigenvalue weighted by atomic mass is 79.9. The summed E-state index contributed by atoms with van der Waals surface area (Å²) in [7, 11) is 0. The van der Waals surface area contributed by atoms with E-state index < -0.39 is 0 Å². The summed E-state index contributed by atoms with van der Waals surface area (Å²) in [6, 6.07) is 3.82. The third kappa shape index (κ3) is 2.91. The van der Waals surface area contributed by atoms with Crippen molar-refractivity contribution in [1.82, 2.24) is 9.97 Å². The van der Waals surface area contributed by atoms with E-state index in [0.717, 1.165) is 16.8 Å². The van der Waals surface area contributed by atoms with Gasteiger partial charge in [-0.25, -0.2) is 15.8 Å². The molecule has 0 saturated heterocycles. The molecule has 2 aromatic heterocycles. The third-order valence-corrected chi connectivity index (χ3v) is 3.58. The number of anilines is 2. The summed E-state index contributed by atoms with van der Waals surface area (Å²) < 4.78 is 1.10. The number of thiophene rings is 1. The van der Waals surface area contributed by atoms with E-state index in [1.54, 1.807) is 17.4 Å². The molecule has 0 spiro atoms. The Morgan fingerprint density at radius 3 is 2.81 bits per heavy atom. The Hall–Kier alpha value is -1.18. The maximum atomic E-state index is 5.26. The second-order valence-corrected chi connectivity index (χ2v) is 4.93. The van der Waals surface area contributed by atoms with E-state index in [2.05, 4.69) is 42.7 Å². The van der Waals surface area contributed by atoms with Crippen molar-refractivity contribution in [2.75, 3.05) is 10.7 Å². The zero-order valence-corrected chi connectivity index (χ0v) is 10.7. The van der Waals surface area contributed by atoms with Crippen molar-refractivity contribution in [2.24, 2.45) is 5.84 Å². The number of hydrogen-bond donors (Lipinski definition) is 3. The maximum absolute atomic E-state index is 5.26. The molecule has 2 rings (SSSR count). The maximum Gasteiger partial charge on any atom is 0.145 e. The van der Waals surface area contributed by atoms with E-state index in [1.165, 1.54) is 11.2 Å². The molecule has 0 aliphatic rings. The Bertz CT molecular complexity index is 472. The van der Waals surface area contributed by atoms with E-state index in [9.17, 15) is 0 Å². The van der Waals surface area contributed by atoms with Crippen molar-refractivity contribution in [3.05, 3.63) is 33.2 Å². The smallest absolute Gasteiger partial charge is 0.145 e. The Morgan fingerprint density at radius 2 is 2.12 bits per heavy atom. The van der Waals surface area contributed by atoms with Gasteiger partial charge in [0.2, 0.25) is 0 Å². The number of rotatable bonds is 4. The lowest BCUT2D eigenvalue weighted by molar-refractivity contribution is 1.09. The first-order valence-corrected chi connectivity index (χ1v) is 6.20. The fourth-order valence-electron chi connectivity index (χ4n) is 1.16. The highest BCUT2D eigenvalue weighted by Gasteiger charge is 1.99. The van der Waals surface area contributed by atoms with Crippen LogP contribution in [0.2, 0.25) is 0 Å². The van der Waals surface area contributed by atoms with Gasteiger partial charge in [0.25, 0.3) is 0 Å². The van der Waals surface area contributed by atoms with Crippen LogP contribution in [-0.4, -0.2) is 9.97 Å². The summed E-state index contributed by atoms with van der Waals surface area (Å²) in [5.41, 5.74) is 2.47. The van der Waals surface area contributed by atoms with Crippen LogP contribution in [0.4, 0.5) is 11.6 Å². The summed E-state index contributed by atoms with van der Waals surface area (Å²) in [4.78, 5) is 9.24. The molecule has 0 bridgehead atoms. The number of halogens is 1. The van der Waals surface area contributed by atoms with Gasteiger partial charge in [0.15, 0.2) is 0 Å². The lowest BCUT2D eigenvalue weighted by Gasteiger charge is -2.04. The predicted octanol–water partition coefficient (Wildman–Crippen LogP) is 2.20. The Balaban J connectivity index is 1.99. The van der Waals surface area contributed by atoms with Gasteiger partial charge in [0.1, 0.15) is 18.0 Å². The van der Waals surface area contributed by atoms with Crippen molar-refractivity contribution >= 4 is 38.9 Å². The molecule has 84 valence electrons. The molecule has 5 nitrogen and oxygen atoms in total. The average molecular weight is 300 g/mol. The van der Waals surface area contributed by atoms with Crippen molar-refractivity contribution in [3.63, 3.8) is 0 Å². The topological polar surface area (TPSA) is 75.9 Å². The number of aromatic nitrogens is 2. The molecule has 0 aliphatic heterocycles. The van der Waals surface area contributed by atoms with Crippen LogP contribution in [0.5, 0.6) is 0 Å². The molecule has 0 aromatic carbocycles. The largest absolute Gasteiger partial charge is 0.365 e. The van der Waals surface area contributed by atoms with Gasteiger partial charge in [-0.15, -0.1) is 11.3 Å². The van der Waals surface area contributed by atoms with E-state index >= 15 is 0 Å². The molecule has 7 heteroatoms. The average Bonchev–Trinajstić information content (AvgIpc) is 2.73. The first-order chi connectivity index (χ1) is 7.78. The van der Waals surface area contributed by atoms with Crippen LogP contribution >= 0.6 is 27.3 Å². The number of nitrogens with one attached hydrogen (secondary N) is 2. The first kappa shape index (κ1) is 11.3. The van der Waals surface area contributed by atoms with Gasteiger partial charge < -0.3 is 10.7 Å². The highest BCUT2D eigenvalue weighted by molar-refractivity contribution is 9.10. The number of nitrogens with zero attached hydrogens (tertiary/aromatic N) is 2. The van der Waals surface area contributed by atoms with Crippen molar-refractivity contribution in [1.29, 1.82) is 0 Å². The summed E-state index contributed by atoms with van der Waals surface area (Å²) in [6.45, 7) is 0.733. The monoisotopic (exact) mass is 299 g/mol. The molecule has 2 heterocycles. The van der Waals surface area contributed by atoms with Crippen LogP contribution in [0.15, 0.2) is 28.3 Å². The van der Waals surface area contributed by atoms with Gasteiger partial charge in [0.05, 0.1) is 6.54 Å². The number of nitrogens with two attached hydrogens (primary N) is 1. The molecule has 0 unspecified atom stereocenters. The third-order valence-electron chi connectivity index (χ3n) is 1.88. The normalized spacial score (nSPS) is 10.1. The predicted molar refractivity (Wildman–Crippen MR) is 69.2 cm³/mol. The molecule has 0 aliphatic carbocycles. The minimum Gasteiger partial charge on any atom is -0.365 e.